The normalized spacial score (nSPS) is 10.6. The highest BCUT2D eigenvalue weighted by Crippen LogP contribution is 2.33. The molecule has 0 bridgehead atoms. The monoisotopic (exact) mass is 423 g/mol. The van der Waals surface area contributed by atoms with Gasteiger partial charge in [0.25, 0.3) is 5.91 Å². The van der Waals surface area contributed by atoms with E-state index in [9.17, 15) is 9.18 Å². The maximum atomic E-state index is 13.4. The molecule has 4 nitrogen and oxygen atoms in total. The average molecular weight is 424 g/mol. The largest absolute Gasteiger partial charge is 0.332 e. The highest BCUT2D eigenvalue weighted by Gasteiger charge is 2.20. The number of carbonyl (C=O) groups excluding carboxylic acids is 1. The van der Waals surface area contributed by atoms with Crippen LogP contribution in [0.25, 0.3) is 11.3 Å². The first-order valence-corrected chi connectivity index (χ1v) is 9.94. The minimum absolute atomic E-state index is 0.0539. The van der Waals surface area contributed by atoms with Crippen molar-refractivity contribution in [3.05, 3.63) is 94.6 Å². The molecule has 0 fully saturated rings. The minimum atomic E-state index is -0.540. The van der Waals surface area contributed by atoms with Gasteiger partial charge in [-0.3, -0.25) is 4.79 Å². The van der Waals surface area contributed by atoms with E-state index in [1.54, 1.807) is 0 Å². The zero-order chi connectivity index (χ0) is 20.2. The number of nitrogens with zero attached hydrogens (tertiary/aromatic N) is 1. The Labute approximate surface area is 176 Å². The molecule has 4 aromatic rings. The first-order valence-electron chi connectivity index (χ1n) is 8.75. The van der Waals surface area contributed by atoms with E-state index in [-0.39, 0.29) is 10.9 Å². The number of benzene rings is 3. The lowest BCUT2D eigenvalue weighted by Crippen LogP contribution is -2.11. The van der Waals surface area contributed by atoms with Crippen molar-refractivity contribution in [1.29, 1.82) is 0 Å². The molecule has 3 aromatic carbocycles. The van der Waals surface area contributed by atoms with Gasteiger partial charge < -0.3 is 10.6 Å². The summed E-state index contributed by atoms with van der Waals surface area (Å²) in [6.45, 7) is 0. The van der Waals surface area contributed by atoms with Gasteiger partial charge in [-0.05, 0) is 30.3 Å². The Bertz CT molecular complexity index is 1150. The molecule has 0 aliphatic rings. The molecule has 0 spiro atoms. The van der Waals surface area contributed by atoms with Gasteiger partial charge in [-0.1, -0.05) is 71.5 Å². The fourth-order valence-electron chi connectivity index (χ4n) is 2.73. The highest BCUT2D eigenvalue weighted by atomic mass is 35.5. The van der Waals surface area contributed by atoms with Gasteiger partial charge in [-0.2, -0.15) is 0 Å². The van der Waals surface area contributed by atoms with E-state index in [1.807, 2.05) is 60.7 Å². The van der Waals surface area contributed by atoms with Gasteiger partial charge >= 0.3 is 0 Å². The van der Waals surface area contributed by atoms with Crippen molar-refractivity contribution in [2.75, 3.05) is 10.6 Å². The maximum Gasteiger partial charge on any atom is 0.268 e. The van der Waals surface area contributed by atoms with Crippen molar-refractivity contribution in [2.24, 2.45) is 0 Å². The summed E-state index contributed by atoms with van der Waals surface area (Å²) in [4.78, 5) is 18.0. The van der Waals surface area contributed by atoms with Crippen molar-refractivity contribution in [3.8, 4) is 11.3 Å². The number of para-hydroxylation sites is 1. The summed E-state index contributed by atoms with van der Waals surface area (Å²) >= 11 is 7.06. The van der Waals surface area contributed by atoms with Crippen LogP contribution in [-0.4, -0.2) is 10.9 Å². The van der Waals surface area contributed by atoms with Crippen LogP contribution in [0.15, 0.2) is 78.9 Å². The fourth-order valence-corrected chi connectivity index (χ4v) is 3.81. The maximum absolute atomic E-state index is 13.4. The number of thiazole rings is 1. The van der Waals surface area contributed by atoms with Crippen LogP contribution >= 0.6 is 22.9 Å². The van der Waals surface area contributed by atoms with Crippen LogP contribution in [0.1, 0.15) is 9.67 Å². The van der Waals surface area contributed by atoms with Crippen LogP contribution in [0.4, 0.5) is 20.9 Å². The Morgan fingerprint density at radius 2 is 1.62 bits per heavy atom. The number of rotatable bonds is 5. The van der Waals surface area contributed by atoms with Gasteiger partial charge in [-0.25, -0.2) is 9.37 Å². The lowest BCUT2D eigenvalue weighted by molar-refractivity contribution is 0.103. The lowest BCUT2D eigenvalue weighted by atomic mass is 10.1. The molecule has 29 heavy (non-hydrogen) atoms. The summed E-state index contributed by atoms with van der Waals surface area (Å²) in [7, 11) is 0. The average Bonchev–Trinajstić information content (AvgIpc) is 3.16. The number of hydrogen-bond donors (Lipinski definition) is 2. The summed E-state index contributed by atoms with van der Waals surface area (Å²) < 4.78 is 13.4. The molecule has 0 atom stereocenters. The van der Waals surface area contributed by atoms with Gasteiger partial charge in [0, 0.05) is 16.9 Å². The summed E-state index contributed by atoms with van der Waals surface area (Å²) in [5.41, 5.74) is 2.68. The van der Waals surface area contributed by atoms with E-state index in [0.29, 0.717) is 21.4 Å². The zero-order valence-electron chi connectivity index (χ0n) is 15.0. The smallest absolute Gasteiger partial charge is 0.268 e. The first-order chi connectivity index (χ1) is 14.1. The second-order valence-electron chi connectivity index (χ2n) is 6.14. The predicted molar refractivity (Wildman–Crippen MR) is 117 cm³/mol. The van der Waals surface area contributed by atoms with Gasteiger partial charge in [0.15, 0.2) is 5.13 Å². The van der Waals surface area contributed by atoms with Crippen molar-refractivity contribution in [1.82, 2.24) is 4.98 Å². The molecule has 144 valence electrons. The molecule has 7 heteroatoms. The quantitative estimate of drug-likeness (QED) is 0.380. The molecular weight excluding hydrogens is 409 g/mol. The molecule has 1 amide bonds. The fraction of sp³-hybridized carbons (Fsp3) is 0. The molecule has 1 heterocycles. The molecule has 0 aliphatic heterocycles. The third-order valence-electron chi connectivity index (χ3n) is 4.08. The van der Waals surface area contributed by atoms with Crippen LogP contribution in [0.3, 0.4) is 0 Å². The third-order valence-corrected chi connectivity index (χ3v) is 5.34. The number of nitrogens with one attached hydrogen (secondary N) is 2. The van der Waals surface area contributed by atoms with Crippen LogP contribution in [0.5, 0.6) is 0 Å². The van der Waals surface area contributed by atoms with Crippen molar-refractivity contribution in [2.45, 2.75) is 0 Å². The number of aromatic nitrogens is 1. The van der Waals surface area contributed by atoms with Crippen LogP contribution in [0, 0.1) is 5.82 Å². The van der Waals surface area contributed by atoms with Crippen molar-refractivity contribution < 1.29 is 9.18 Å². The van der Waals surface area contributed by atoms with E-state index < -0.39 is 5.82 Å². The van der Waals surface area contributed by atoms with E-state index in [2.05, 4.69) is 15.6 Å². The number of hydrogen-bond acceptors (Lipinski definition) is 4. The summed E-state index contributed by atoms with van der Waals surface area (Å²) in [6.07, 6.45) is 0. The third kappa shape index (κ3) is 4.45. The van der Waals surface area contributed by atoms with E-state index in [1.165, 1.54) is 29.5 Å². The van der Waals surface area contributed by atoms with Crippen LogP contribution in [-0.2, 0) is 0 Å². The Hall–Kier alpha value is -3.22. The minimum Gasteiger partial charge on any atom is -0.332 e. The Balaban J connectivity index is 1.68. The standard InChI is InChI=1S/C22H15ClFN3OS/c23-17-13-16(11-12-18(17)24)25-21(28)20-19(14-7-3-1-4-8-14)27-22(29-20)26-15-9-5-2-6-10-15/h1-13H,(H,25,28)(H,26,27). The zero-order valence-corrected chi connectivity index (χ0v) is 16.6. The number of halogens is 2. The van der Waals surface area contributed by atoms with Gasteiger partial charge in [0.05, 0.1) is 10.7 Å². The molecule has 0 saturated heterocycles. The molecule has 0 radical (unpaired) electrons. The molecule has 2 N–H and O–H groups in total. The number of anilines is 3. The highest BCUT2D eigenvalue weighted by molar-refractivity contribution is 7.18. The SMILES string of the molecule is O=C(Nc1ccc(F)c(Cl)c1)c1sc(Nc2ccccc2)nc1-c1ccccc1. The molecule has 0 unspecified atom stereocenters. The van der Waals surface area contributed by atoms with Crippen molar-refractivity contribution in [3.63, 3.8) is 0 Å². The van der Waals surface area contributed by atoms with Gasteiger partial charge in [-0.15, -0.1) is 0 Å². The lowest BCUT2D eigenvalue weighted by Gasteiger charge is -2.06. The van der Waals surface area contributed by atoms with E-state index in [4.69, 9.17) is 11.6 Å². The first kappa shape index (κ1) is 19.1. The predicted octanol–water partition coefficient (Wildman–Crippen LogP) is 6.60. The Morgan fingerprint density at radius 1 is 0.931 bits per heavy atom. The van der Waals surface area contributed by atoms with Crippen molar-refractivity contribution >= 4 is 45.4 Å². The second-order valence-corrected chi connectivity index (χ2v) is 7.54. The number of carbonyl (C=O) groups is 1. The van der Waals surface area contributed by atoms with Crippen LogP contribution in [0.2, 0.25) is 5.02 Å². The number of amides is 1. The molecule has 4 rings (SSSR count). The molecule has 1 aromatic heterocycles. The molecular formula is C22H15ClFN3OS. The van der Waals surface area contributed by atoms with Gasteiger partial charge in [0.2, 0.25) is 0 Å². The second kappa shape index (κ2) is 8.43. The Kier molecular flexibility index (Phi) is 5.55. The summed E-state index contributed by atoms with van der Waals surface area (Å²) in [5, 5.41) is 6.53. The van der Waals surface area contributed by atoms with E-state index in [0.717, 1.165) is 11.3 Å². The molecule has 0 aliphatic carbocycles. The summed E-state index contributed by atoms with van der Waals surface area (Å²) in [5.74, 6) is -0.882. The Morgan fingerprint density at radius 3 is 2.31 bits per heavy atom. The van der Waals surface area contributed by atoms with Gasteiger partial charge in [0.1, 0.15) is 10.7 Å². The van der Waals surface area contributed by atoms with Crippen LogP contribution < -0.4 is 10.6 Å². The summed E-state index contributed by atoms with van der Waals surface area (Å²) in [6, 6.07) is 23.1. The topological polar surface area (TPSA) is 54.0 Å². The van der Waals surface area contributed by atoms with E-state index >= 15 is 0 Å². The molecule has 0 saturated carbocycles.